The Morgan fingerprint density at radius 2 is 1.87 bits per heavy atom. The molecular weight excluding hydrogens is 386 g/mol. The van der Waals surface area contributed by atoms with Gasteiger partial charge in [-0.1, -0.05) is 13.0 Å². The summed E-state index contributed by atoms with van der Waals surface area (Å²) in [7, 11) is 3.03. The van der Waals surface area contributed by atoms with E-state index in [1.54, 1.807) is 29.2 Å². The van der Waals surface area contributed by atoms with Crippen molar-refractivity contribution in [2.45, 2.75) is 45.2 Å². The van der Waals surface area contributed by atoms with Gasteiger partial charge in [0.2, 0.25) is 11.8 Å². The molecule has 3 amide bonds. The van der Waals surface area contributed by atoms with Crippen molar-refractivity contribution in [2.75, 3.05) is 33.9 Å². The number of ether oxygens (including phenoxy) is 2. The van der Waals surface area contributed by atoms with Crippen molar-refractivity contribution in [3.8, 4) is 5.75 Å². The van der Waals surface area contributed by atoms with Crippen LogP contribution in [0.4, 0.5) is 0 Å². The van der Waals surface area contributed by atoms with Crippen LogP contribution >= 0.6 is 0 Å². The Kier molecular flexibility index (Phi) is 9.11. The number of hydrogen-bond acceptors (Lipinski definition) is 5. The number of hydrogen-bond donors (Lipinski definition) is 2. The smallest absolute Gasteiger partial charge is 0.252 e. The number of carbonyl (C=O) groups excluding carboxylic acids is 3. The first-order valence-corrected chi connectivity index (χ1v) is 10.4. The SMILES string of the molecule is CC[C@H](C)NC(=O)[C@H](NC(=O)c1cccc(OC)c1)C1CCN(C(=O)COC)CC1. The molecule has 1 aliphatic rings. The number of piperidine rings is 1. The molecule has 1 fully saturated rings. The highest BCUT2D eigenvalue weighted by Gasteiger charge is 2.34. The van der Waals surface area contributed by atoms with Gasteiger partial charge in [-0.25, -0.2) is 0 Å². The average Bonchev–Trinajstić information content (AvgIpc) is 2.77. The third-order valence-corrected chi connectivity index (χ3v) is 5.53. The molecule has 0 radical (unpaired) electrons. The highest BCUT2D eigenvalue weighted by molar-refractivity contribution is 5.98. The minimum absolute atomic E-state index is 0.0112. The van der Waals surface area contributed by atoms with Crippen LogP contribution in [0.3, 0.4) is 0 Å². The van der Waals surface area contributed by atoms with E-state index < -0.39 is 6.04 Å². The molecule has 1 aromatic rings. The first kappa shape index (κ1) is 23.7. The number of benzene rings is 1. The summed E-state index contributed by atoms with van der Waals surface area (Å²) in [5.74, 6) is -0.0567. The lowest BCUT2D eigenvalue weighted by atomic mass is 9.88. The summed E-state index contributed by atoms with van der Waals surface area (Å²) in [5.41, 5.74) is 0.434. The zero-order chi connectivity index (χ0) is 22.1. The van der Waals surface area contributed by atoms with Crippen LogP contribution in [0.15, 0.2) is 24.3 Å². The molecule has 8 heteroatoms. The molecule has 0 bridgehead atoms. The third kappa shape index (κ3) is 6.45. The largest absolute Gasteiger partial charge is 0.497 e. The molecular formula is C22H33N3O5. The van der Waals surface area contributed by atoms with Gasteiger partial charge in [-0.15, -0.1) is 0 Å². The van der Waals surface area contributed by atoms with Gasteiger partial charge in [-0.3, -0.25) is 14.4 Å². The highest BCUT2D eigenvalue weighted by atomic mass is 16.5. The van der Waals surface area contributed by atoms with Gasteiger partial charge in [-0.05, 0) is 50.3 Å². The summed E-state index contributed by atoms with van der Waals surface area (Å²) < 4.78 is 10.1. The number of rotatable bonds is 9. The fraction of sp³-hybridized carbons (Fsp3) is 0.591. The number of nitrogens with one attached hydrogen (secondary N) is 2. The lowest BCUT2D eigenvalue weighted by Gasteiger charge is -2.36. The maximum absolute atomic E-state index is 13.0. The van der Waals surface area contributed by atoms with Gasteiger partial charge < -0.3 is 25.0 Å². The fourth-order valence-electron chi connectivity index (χ4n) is 3.52. The van der Waals surface area contributed by atoms with Gasteiger partial charge in [0.25, 0.3) is 5.91 Å². The quantitative estimate of drug-likeness (QED) is 0.634. The van der Waals surface area contributed by atoms with Crippen LogP contribution in [0, 0.1) is 5.92 Å². The van der Waals surface area contributed by atoms with Crippen molar-refractivity contribution < 1.29 is 23.9 Å². The van der Waals surface area contributed by atoms with Crippen LogP contribution in [-0.4, -0.2) is 68.6 Å². The highest BCUT2D eigenvalue weighted by Crippen LogP contribution is 2.22. The van der Waals surface area contributed by atoms with Crippen LogP contribution in [0.1, 0.15) is 43.5 Å². The molecule has 1 aromatic carbocycles. The van der Waals surface area contributed by atoms with Crippen molar-refractivity contribution in [1.82, 2.24) is 15.5 Å². The maximum atomic E-state index is 13.0. The van der Waals surface area contributed by atoms with Gasteiger partial charge in [0.15, 0.2) is 0 Å². The van der Waals surface area contributed by atoms with Crippen molar-refractivity contribution in [3.63, 3.8) is 0 Å². The average molecular weight is 420 g/mol. The van der Waals surface area contributed by atoms with Crippen molar-refractivity contribution in [3.05, 3.63) is 29.8 Å². The molecule has 1 aliphatic heterocycles. The monoisotopic (exact) mass is 419 g/mol. The number of likely N-dealkylation sites (tertiary alicyclic amines) is 1. The first-order chi connectivity index (χ1) is 14.4. The molecule has 0 saturated carbocycles. The van der Waals surface area contributed by atoms with Gasteiger partial charge in [-0.2, -0.15) is 0 Å². The van der Waals surface area contributed by atoms with E-state index >= 15 is 0 Å². The van der Waals surface area contributed by atoms with Crippen molar-refractivity contribution >= 4 is 17.7 Å². The molecule has 2 atom stereocenters. The molecule has 30 heavy (non-hydrogen) atoms. The summed E-state index contributed by atoms with van der Waals surface area (Å²) in [6, 6.07) is 6.17. The lowest BCUT2D eigenvalue weighted by Crippen LogP contribution is -2.55. The summed E-state index contributed by atoms with van der Waals surface area (Å²) in [5, 5.41) is 5.90. The number of methoxy groups -OCH3 is 2. The standard InChI is InChI=1S/C22H33N3O5/c1-5-15(2)23-22(28)20(16-9-11-25(12-10-16)19(26)14-29-3)24-21(27)17-7-6-8-18(13-17)30-4/h6-8,13,15-16,20H,5,9-12,14H2,1-4H3,(H,23,28)(H,24,27)/t15-,20+/m0/s1. The van der Waals surface area contributed by atoms with Crippen LogP contribution in [0.5, 0.6) is 5.75 Å². The summed E-state index contributed by atoms with van der Waals surface area (Å²) in [6.07, 6.45) is 2.06. The maximum Gasteiger partial charge on any atom is 0.252 e. The topological polar surface area (TPSA) is 97.0 Å². The Bertz CT molecular complexity index is 731. The van der Waals surface area contributed by atoms with Gasteiger partial charge >= 0.3 is 0 Å². The molecule has 1 heterocycles. The number of nitrogens with zero attached hydrogens (tertiary/aromatic N) is 1. The van der Waals surface area contributed by atoms with E-state index in [2.05, 4.69) is 10.6 Å². The fourth-order valence-corrected chi connectivity index (χ4v) is 3.52. The second-order valence-corrected chi connectivity index (χ2v) is 7.65. The summed E-state index contributed by atoms with van der Waals surface area (Å²) >= 11 is 0. The van der Waals surface area contributed by atoms with Crippen LogP contribution in [0.25, 0.3) is 0 Å². The molecule has 1 saturated heterocycles. The Morgan fingerprint density at radius 3 is 2.47 bits per heavy atom. The Labute approximate surface area is 178 Å². The molecule has 2 rings (SSSR count). The number of amides is 3. The van der Waals surface area contributed by atoms with Crippen LogP contribution in [0.2, 0.25) is 0 Å². The lowest BCUT2D eigenvalue weighted by molar-refractivity contribution is -0.136. The van der Waals surface area contributed by atoms with Crippen LogP contribution in [-0.2, 0) is 14.3 Å². The van der Waals surface area contributed by atoms with E-state index in [1.807, 2.05) is 13.8 Å². The van der Waals surface area contributed by atoms with E-state index in [0.717, 1.165) is 6.42 Å². The molecule has 8 nitrogen and oxygen atoms in total. The molecule has 0 aromatic heterocycles. The van der Waals surface area contributed by atoms with Gasteiger partial charge in [0.1, 0.15) is 18.4 Å². The minimum atomic E-state index is -0.669. The molecule has 2 N–H and O–H groups in total. The van der Waals surface area contributed by atoms with Crippen LogP contribution < -0.4 is 15.4 Å². The van der Waals surface area contributed by atoms with E-state index in [0.29, 0.717) is 37.2 Å². The summed E-state index contributed by atoms with van der Waals surface area (Å²) in [6.45, 7) is 5.05. The second-order valence-electron chi connectivity index (χ2n) is 7.65. The predicted octanol–water partition coefficient (Wildman–Crippen LogP) is 1.59. The normalized spacial score (nSPS) is 16.5. The van der Waals surface area contributed by atoms with Gasteiger partial charge in [0, 0.05) is 31.8 Å². The van der Waals surface area contributed by atoms with E-state index in [1.165, 1.54) is 14.2 Å². The van der Waals surface area contributed by atoms with Gasteiger partial charge in [0.05, 0.1) is 7.11 Å². The molecule has 0 unspecified atom stereocenters. The Balaban J connectivity index is 2.12. The predicted molar refractivity (Wildman–Crippen MR) is 113 cm³/mol. The Morgan fingerprint density at radius 1 is 1.17 bits per heavy atom. The van der Waals surface area contributed by atoms with Crippen molar-refractivity contribution in [2.24, 2.45) is 5.92 Å². The zero-order valence-corrected chi connectivity index (χ0v) is 18.3. The molecule has 0 spiro atoms. The van der Waals surface area contributed by atoms with Crippen molar-refractivity contribution in [1.29, 1.82) is 0 Å². The zero-order valence-electron chi connectivity index (χ0n) is 18.3. The third-order valence-electron chi connectivity index (χ3n) is 5.53. The minimum Gasteiger partial charge on any atom is -0.497 e. The van der Waals surface area contributed by atoms with E-state index in [-0.39, 0.29) is 36.3 Å². The molecule has 0 aliphatic carbocycles. The second kappa shape index (κ2) is 11.5. The summed E-state index contributed by atoms with van der Waals surface area (Å²) in [4.78, 5) is 39.6. The van der Waals surface area contributed by atoms with E-state index in [9.17, 15) is 14.4 Å². The molecule has 166 valence electrons. The Hall–Kier alpha value is -2.61. The van der Waals surface area contributed by atoms with E-state index in [4.69, 9.17) is 9.47 Å². The number of carbonyl (C=O) groups is 3. The first-order valence-electron chi connectivity index (χ1n) is 10.4.